The molecule has 0 spiro atoms. The van der Waals surface area contributed by atoms with E-state index in [1.807, 2.05) is 0 Å². The van der Waals surface area contributed by atoms with Crippen LogP contribution >= 0.6 is 11.6 Å². The van der Waals surface area contributed by atoms with Crippen LogP contribution < -0.4 is 4.90 Å². The highest BCUT2D eigenvalue weighted by Crippen LogP contribution is 2.27. The lowest BCUT2D eigenvalue weighted by Crippen LogP contribution is -2.31. The first kappa shape index (κ1) is 14.9. The summed E-state index contributed by atoms with van der Waals surface area (Å²) in [4.78, 5) is 26.0. The summed E-state index contributed by atoms with van der Waals surface area (Å²) in [7, 11) is 0. The van der Waals surface area contributed by atoms with Crippen LogP contribution in [0.1, 0.15) is 36.5 Å². The minimum absolute atomic E-state index is 0.185. The quantitative estimate of drug-likeness (QED) is 0.486. The van der Waals surface area contributed by atoms with Crippen LogP contribution in [0.4, 0.5) is 5.69 Å². The predicted molar refractivity (Wildman–Crippen MR) is 78.5 cm³/mol. The molecule has 0 amide bonds. The van der Waals surface area contributed by atoms with Gasteiger partial charge >= 0.3 is 5.97 Å². The van der Waals surface area contributed by atoms with E-state index in [0.717, 1.165) is 31.6 Å². The molecule has 1 fully saturated rings. The maximum atomic E-state index is 12.2. The number of anilines is 1. The summed E-state index contributed by atoms with van der Waals surface area (Å²) in [6.45, 7) is 3.65. The molecule has 5 heteroatoms. The Morgan fingerprint density at radius 1 is 1.25 bits per heavy atom. The molecule has 0 aliphatic carbocycles. The average Bonchev–Trinajstić information content (AvgIpc) is 2.47. The fourth-order valence-corrected chi connectivity index (χ4v) is 2.58. The van der Waals surface area contributed by atoms with Crippen LogP contribution in [0.5, 0.6) is 0 Å². The Bertz CT molecular complexity index is 510. The number of rotatable bonds is 4. The lowest BCUT2D eigenvalue weighted by molar-refractivity contribution is -0.137. The molecule has 0 atom stereocenters. The molecule has 1 heterocycles. The molecule has 4 nitrogen and oxygen atoms in total. The molecular formula is C15H18ClNO3. The number of hydrogen-bond acceptors (Lipinski definition) is 4. The van der Waals surface area contributed by atoms with Gasteiger partial charge in [-0.1, -0.05) is 11.6 Å². The van der Waals surface area contributed by atoms with Crippen molar-refractivity contribution in [3.05, 3.63) is 28.8 Å². The first-order chi connectivity index (χ1) is 9.63. The number of nitrogens with zero attached hydrogens (tertiary/aromatic N) is 1. The van der Waals surface area contributed by atoms with Gasteiger partial charge in [-0.2, -0.15) is 0 Å². The Morgan fingerprint density at radius 2 is 1.95 bits per heavy atom. The zero-order valence-electron chi connectivity index (χ0n) is 11.5. The van der Waals surface area contributed by atoms with Gasteiger partial charge in [0.25, 0.3) is 5.78 Å². The van der Waals surface area contributed by atoms with Gasteiger partial charge in [0.15, 0.2) is 0 Å². The third-order valence-electron chi connectivity index (χ3n) is 3.36. The van der Waals surface area contributed by atoms with Gasteiger partial charge in [-0.25, -0.2) is 4.79 Å². The lowest BCUT2D eigenvalue weighted by Gasteiger charge is -2.30. The van der Waals surface area contributed by atoms with Gasteiger partial charge in [-0.05, 0) is 44.4 Å². The van der Waals surface area contributed by atoms with Crippen LogP contribution in [0, 0.1) is 0 Å². The second kappa shape index (κ2) is 6.75. The van der Waals surface area contributed by atoms with Crippen molar-refractivity contribution >= 4 is 29.0 Å². The molecule has 0 aromatic heterocycles. The van der Waals surface area contributed by atoms with Crippen LogP contribution in [0.3, 0.4) is 0 Å². The van der Waals surface area contributed by atoms with Gasteiger partial charge in [0.1, 0.15) is 0 Å². The molecule has 1 saturated heterocycles. The molecule has 1 aliphatic heterocycles. The van der Waals surface area contributed by atoms with Gasteiger partial charge in [-0.15, -0.1) is 0 Å². The molecule has 1 aromatic carbocycles. The van der Waals surface area contributed by atoms with E-state index in [0.29, 0.717) is 10.6 Å². The van der Waals surface area contributed by atoms with Gasteiger partial charge in [0, 0.05) is 23.8 Å². The third kappa shape index (κ3) is 3.31. The van der Waals surface area contributed by atoms with Gasteiger partial charge in [0.2, 0.25) is 0 Å². The molecule has 0 unspecified atom stereocenters. The molecule has 2 rings (SSSR count). The minimum Gasteiger partial charge on any atom is -0.460 e. The number of hydrogen-bond donors (Lipinski definition) is 0. The lowest BCUT2D eigenvalue weighted by atomic mass is 10.0. The minimum atomic E-state index is -0.826. The zero-order valence-corrected chi connectivity index (χ0v) is 12.3. The second-order valence-corrected chi connectivity index (χ2v) is 5.20. The maximum absolute atomic E-state index is 12.2. The summed E-state index contributed by atoms with van der Waals surface area (Å²) in [6.07, 6.45) is 3.39. The van der Waals surface area contributed by atoms with Crippen molar-refractivity contribution < 1.29 is 14.3 Å². The van der Waals surface area contributed by atoms with E-state index < -0.39 is 11.8 Å². The van der Waals surface area contributed by atoms with Gasteiger partial charge < -0.3 is 9.64 Å². The van der Waals surface area contributed by atoms with E-state index in [9.17, 15) is 9.59 Å². The zero-order chi connectivity index (χ0) is 14.5. The summed E-state index contributed by atoms with van der Waals surface area (Å²) < 4.78 is 4.79. The van der Waals surface area contributed by atoms with Crippen LogP contribution in [0.25, 0.3) is 0 Å². The molecule has 1 aromatic rings. The fraction of sp³-hybridized carbons (Fsp3) is 0.467. The summed E-state index contributed by atoms with van der Waals surface area (Å²) in [5.41, 5.74) is 1.10. The number of halogens is 1. The first-order valence-electron chi connectivity index (χ1n) is 6.89. The third-order valence-corrected chi connectivity index (χ3v) is 3.60. The van der Waals surface area contributed by atoms with Crippen molar-refractivity contribution in [3.8, 4) is 0 Å². The van der Waals surface area contributed by atoms with Gasteiger partial charge in [0.05, 0.1) is 12.2 Å². The predicted octanol–water partition coefficient (Wildman–Crippen LogP) is 3.08. The van der Waals surface area contributed by atoms with Crippen LogP contribution in [0.2, 0.25) is 5.02 Å². The van der Waals surface area contributed by atoms with Crippen molar-refractivity contribution in [2.45, 2.75) is 26.2 Å². The summed E-state index contributed by atoms with van der Waals surface area (Å²) >= 11 is 5.96. The number of benzene rings is 1. The maximum Gasteiger partial charge on any atom is 0.379 e. The van der Waals surface area contributed by atoms with Crippen molar-refractivity contribution in [2.75, 3.05) is 24.6 Å². The van der Waals surface area contributed by atoms with Crippen molar-refractivity contribution in [3.63, 3.8) is 0 Å². The number of ether oxygens (including phenoxy) is 1. The number of carbonyl (C=O) groups excluding carboxylic acids is 2. The highest BCUT2D eigenvalue weighted by molar-refractivity contribution is 6.42. The Morgan fingerprint density at radius 3 is 2.60 bits per heavy atom. The number of ketones is 1. The van der Waals surface area contributed by atoms with E-state index in [4.69, 9.17) is 16.3 Å². The topological polar surface area (TPSA) is 46.6 Å². The first-order valence-corrected chi connectivity index (χ1v) is 7.27. The summed E-state index contributed by atoms with van der Waals surface area (Å²) in [5, 5.41) is 0.443. The van der Waals surface area contributed by atoms with E-state index in [1.54, 1.807) is 25.1 Å². The van der Waals surface area contributed by atoms with E-state index >= 15 is 0 Å². The van der Waals surface area contributed by atoms with Crippen molar-refractivity contribution in [1.29, 1.82) is 0 Å². The highest BCUT2D eigenvalue weighted by atomic mass is 35.5. The highest BCUT2D eigenvalue weighted by Gasteiger charge is 2.24. The smallest absolute Gasteiger partial charge is 0.379 e. The molecule has 0 bridgehead atoms. The second-order valence-electron chi connectivity index (χ2n) is 4.76. The van der Waals surface area contributed by atoms with E-state index in [1.165, 1.54) is 6.42 Å². The standard InChI is InChI=1S/C15H18ClNO3/c1-2-20-15(19)14(18)12-10-11(16)6-7-13(12)17-8-4-3-5-9-17/h6-7,10H,2-5,8-9H2,1H3. The summed E-state index contributed by atoms with van der Waals surface area (Å²) in [6, 6.07) is 5.10. The number of Topliss-reactive ketones (excluding diaryl/α,β-unsaturated/α-hetero) is 1. The average molecular weight is 296 g/mol. The Kier molecular flexibility index (Phi) is 5.01. The molecule has 20 heavy (non-hydrogen) atoms. The van der Waals surface area contributed by atoms with Crippen LogP contribution in [-0.4, -0.2) is 31.4 Å². The number of esters is 1. The van der Waals surface area contributed by atoms with Gasteiger partial charge in [-0.3, -0.25) is 4.79 Å². The normalized spacial score (nSPS) is 15.0. The molecule has 108 valence electrons. The Balaban J connectivity index is 2.32. The Hall–Kier alpha value is -1.55. The summed E-state index contributed by atoms with van der Waals surface area (Å²) in [5.74, 6) is -1.46. The molecule has 0 saturated carbocycles. The van der Waals surface area contributed by atoms with E-state index in [-0.39, 0.29) is 6.61 Å². The van der Waals surface area contributed by atoms with Crippen LogP contribution in [0.15, 0.2) is 18.2 Å². The fourth-order valence-electron chi connectivity index (χ4n) is 2.41. The molecule has 0 N–H and O–H groups in total. The molecular weight excluding hydrogens is 278 g/mol. The SMILES string of the molecule is CCOC(=O)C(=O)c1cc(Cl)ccc1N1CCCCC1. The van der Waals surface area contributed by atoms with Crippen molar-refractivity contribution in [1.82, 2.24) is 0 Å². The van der Waals surface area contributed by atoms with Crippen LogP contribution in [-0.2, 0) is 9.53 Å². The number of piperidine rings is 1. The van der Waals surface area contributed by atoms with Crippen molar-refractivity contribution in [2.24, 2.45) is 0 Å². The largest absolute Gasteiger partial charge is 0.460 e. The monoisotopic (exact) mass is 295 g/mol. The molecule has 1 aliphatic rings. The Labute approximate surface area is 123 Å². The number of carbonyl (C=O) groups is 2. The van der Waals surface area contributed by atoms with E-state index in [2.05, 4.69) is 4.90 Å². The molecule has 0 radical (unpaired) electrons.